The fourth-order valence-corrected chi connectivity index (χ4v) is 2.49. The number of hydrogen-bond acceptors (Lipinski definition) is 3. The number of ether oxygens (including phenoxy) is 1. The Bertz CT molecular complexity index is 528. The summed E-state index contributed by atoms with van der Waals surface area (Å²) in [6, 6.07) is 6.05. The lowest BCUT2D eigenvalue weighted by Gasteiger charge is -2.31. The predicted octanol–water partition coefficient (Wildman–Crippen LogP) is 2.47. The molecule has 22 heavy (non-hydrogen) atoms. The van der Waals surface area contributed by atoms with E-state index >= 15 is 0 Å². The van der Waals surface area contributed by atoms with E-state index in [1.165, 1.54) is 12.1 Å². The van der Waals surface area contributed by atoms with Gasteiger partial charge in [-0.3, -0.25) is 4.79 Å². The highest BCUT2D eigenvalue weighted by molar-refractivity contribution is 6.32. The van der Waals surface area contributed by atoms with E-state index < -0.39 is 18.4 Å². The van der Waals surface area contributed by atoms with E-state index in [1.54, 1.807) is 12.1 Å². The summed E-state index contributed by atoms with van der Waals surface area (Å²) in [6.07, 6.45) is 0.633. The van der Waals surface area contributed by atoms with Crippen LogP contribution < -0.4 is 15.4 Å². The van der Waals surface area contributed by atoms with Gasteiger partial charge in [0.15, 0.2) is 6.61 Å². The normalized spacial score (nSPS) is 22.2. The third kappa shape index (κ3) is 4.30. The molecule has 0 aliphatic carbocycles. The molecular weight excluding hydrogens is 314 g/mol. The topological polar surface area (TPSA) is 50.4 Å². The Morgan fingerprint density at radius 1 is 1.50 bits per heavy atom. The highest BCUT2D eigenvalue weighted by atomic mass is 35.5. The first-order valence-corrected chi connectivity index (χ1v) is 7.55. The number of benzene rings is 1. The molecule has 1 saturated heterocycles. The molecule has 1 aliphatic rings. The smallest absolute Gasteiger partial charge is 0.357 e. The molecule has 0 saturated carbocycles. The highest BCUT2D eigenvalue weighted by Gasteiger charge is 2.41. The van der Waals surface area contributed by atoms with Gasteiger partial charge in [-0.25, -0.2) is 0 Å². The Kier molecular flexibility index (Phi) is 5.58. The van der Waals surface area contributed by atoms with Crippen LogP contribution in [0.4, 0.5) is 8.78 Å². The van der Waals surface area contributed by atoms with Gasteiger partial charge >= 0.3 is 5.92 Å². The number of rotatable bonds is 5. The molecule has 4 nitrogen and oxygen atoms in total. The second-order valence-electron chi connectivity index (χ2n) is 5.47. The number of alkyl halides is 2. The zero-order valence-electron chi connectivity index (χ0n) is 12.2. The lowest BCUT2D eigenvalue weighted by Crippen LogP contribution is -2.54. The van der Waals surface area contributed by atoms with E-state index in [4.69, 9.17) is 16.3 Å². The van der Waals surface area contributed by atoms with Crippen molar-refractivity contribution < 1.29 is 18.3 Å². The van der Waals surface area contributed by atoms with Crippen LogP contribution in [-0.4, -0.2) is 37.6 Å². The summed E-state index contributed by atoms with van der Waals surface area (Å²) < 4.78 is 32.8. The van der Waals surface area contributed by atoms with Crippen LogP contribution in [0.2, 0.25) is 5.02 Å². The molecule has 2 N–H and O–H groups in total. The van der Waals surface area contributed by atoms with Crippen molar-refractivity contribution in [3.63, 3.8) is 0 Å². The second kappa shape index (κ2) is 7.24. The van der Waals surface area contributed by atoms with E-state index in [1.807, 2.05) is 6.92 Å². The largest absolute Gasteiger partial charge is 0.485 e. The van der Waals surface area contributed by atoms with Gasteiger partial charge in [0.1, 0.15) is 5.75 Å². The fraction of sp³-hybridized carbons (Fsp3) is 0.533. The van der Waals surface area contributed by atoms with E-state index in [0.717, 1.165) is 0 Å². The zero-order chi connectivity index (χ0) is 16.2. The Balaban J connectivity index is 1.91. The molecule has 7 heteroatoms. The fourth-order valence-electron chi connectivity index (χ4n) is 2.30. The number of nitrogens with one attached hydrogen (secondary N) is 2. The summed E-state index contributed by atoms with van der Waals surface area (Å²) in [5.74, 6) is -4.67. The summed E-state index contributed by atoms with van der Waals surface area (Å²) in [7, 11) is 0. The van der Waals surface area contributed by atoms with Gasteiger partial charge in [-0.15, -0.1) is 0 Å². The number of carbonyl (C=O) groups excluding carboxylic acids is 1. The molecule has 0 radical (unpaired) electrons. The number of piperidine rings is 1. The third-order valence-electron chi connectivity index (χ3n) is 3.68. The molecule has 0 unspecified atom stereocenters. The minimum Gasteiger partial charge on any atom is -0.485 e. The minimum atomic E-state index is -3.61. The first-order valence-electron chi connectivity index (χ1n) is 7.17. The highest BCUT2D eigenvalue weighted by Crippen LogP contribution is 2.25. The van der Waals surface area contributed by atoms with Gasteiger partial charge < -0.3 is 15.4 Å². The van der Waals surface area contributed by atoms with E-state index in [9.17, 15) is 13.6 Å². The zero-order valence-corrected chi connectivity index (χ0v) is 13.0. The van der Waals surface area contributed by atoms with E-state index in [0.29, 0.717) is 19.5 Å². The van der Waals surface area contributed by atoms with Crippen molar-refractivity contribution in [2.24, 2.45) is 5.92 Å². The van der Waals surface area contributed by atoms with E-state index in [2.05, 4.69) is 10.6 Å². The van der Waals surface area contributed by atoms with Crippen molar-refractivity contribution >= 4 is 17.5 Å². The van der Waals surface area contributed by atoms with Crippen LogP contribution >= 0.6 is 11.6 Å². The van der Waals surface area contributed by atoms with Gasteiger partial charge in [0.25, 0.3) is 5.91 Å². The lowest BCUT2D eigenvalue weighted by molar-refractivity contribution is -0.151. The number of hydrogen-bond donors (Lipinski definition) is 2. The second-order valence-corrected chi connectivity index (χ2v) is 5.88. The van der Waals surface area contributed by atoms with Gasteiger partial charge in [-0.2, -0.15) is 8.78 Å². The molecule has 1 fully saturated rings. The summed E-state index contributed by atoms with van der Waals surface area (Å²) in [5.41, 5.74) is 0. The average Bonchev–Trinajstić information content (AvgIpc) is 2.49. The number of amides is 1. The molecule has 0 aromatic heterocycles. The van der Waals surface area contributed by atoms with Crippen molar-refractivity contribution in [1.82, 2.24) is 10.6 Å². The summed E-state index contributed by atoms with van der Waals surface area (Å²) in [4.78, 5) is 11.8. The lowest BCUT2D eigenvalue weighted by atomic mass is 9.95. The number of para-hydroxylation sites is 1. The van der Waals surface area contributed by atoms with Crippen LogP contribution in [0.5, 0.6) is 5.75 Å². The molecule has 2 atom stereocenters. The molecule has 1 aromatic carbocycles. The Morgan fingerprint density at radius 2 is 2.23 bits per heavy atom. The quantitative estimate of drug-likeness (QED) is 0.871. The molecule has 1 heterocycles. The summed E-state index contributed by atoms with van der Waals surface area (Å²) in [6.45, 7) is 2.28. The Morgan fingerprint density at radius 3 is 2.91 bits per heavy atom. The van der Waals surface area contributed by atoms with Crippen molar-refractivity contribution in [3.05, 3.63) is 29.3 Å². The third-order valence-corrected chi connectivity index (χ3v) is 3.99. The molecule has 1 amide bonds. The van der Waals surface area contributed by atoms with Gasteiger partial charge in [0, 0.05) is 6.04 Å². The van der Waals surface area contributed by atoms with Crippen LogP contribution in [0, 0.1) is 5.92 Å². The van der Waals surface area contributed by atoms with Gasteiger partial charge in [0.05, 0.1) is 5.02 Å². The maximum absolute atomic E-state index is 13.9. The number of halogens is 3. The molecular formula is C15H19ClF2N2O2. The number of carbonyl (C=O) groups is 1. The molecule has 1 aromatic rings. The van der Waals surface area contributed by atoms with Gasteiger partial charge in [0.2, 0.25) is 0 Å². The first kappa shape index (κ1) is 17.0. The van der Waals surface area contributed by atoms with Crippen molar-refractivity contribution in [1.29, 1.82) is 0 Å². The molecule has 0 bridgehead atoms. The summed E-state index contributed by atoms with van der Waals surface area (Å²) in [5, 5.41) is 5.80. The van der Waals surface area contributed by atoms with E-state index in [-0.39, 0.29) is 22.7 Å². The molecule has 122 valence electrons. The van der Waals surface area contributed by atoms with Crippen LogP contribution in [0.15, 0.2) is 24.3 Å². The van der Waals surface area contributed by atoms with Crippen LogP contribution in [-0.2, 0) is 4.79 Å². The van der Waals surface area contributed by atoms with Crippen LogP contribution in [0.1, 0.15) is 13.3 Å². The Labute approximate surface area is 133 Å². The average molecular weight is 333 g/mol. The van der Waals surface area contributed by atoms with Gasteiger partial charge in [-0.05, 0) is 37.6 Å². The predicted molar refractivity (Wildman–Crippen MR) is 80.5 cm³/mol. The first-order chi connectivity index (χ1) is 10.4. The monoisotopic (exact) mass is 332 g/mol. The maximum Gasteiger partial charge on any atom is 0.357 e. The molecule has 1 aliphatic heterocycles. The van der Waals surface area contributed by atoms with Crippen LogP contribution in [0.3, 0.4) is 0 Å². The van der Waals surface area contributed by atoms with Crippen molar-refractivity contribution in [2.45, 2.75) is 25.3 Å². The minimum absolute atomic E-state index is 0.109. The SMILES string of the molecule is C[C@H]1CNCC[C@@H]1NC(=O)C(F)(F)COc1ccccc1Cl. The standard InChI is InChI=1S/C15H19ClF2N2O2/c1-10-8-19-7-6-12(10)20-14(21)15(17,18)9-22-13-5-3-2-4-11(13)16/h2-5,10,12,19H,6-9H2,1H3,(H,20,21)/t10-,12-/m0/s1. The summed E-state index contributed by atoms with van der Waals surface area (Å²) >= 11 is 5.83. The van der Waals surface area contributed by atoms with Crippen molar-refractivity contribution in [2.75, 3.05) is 19.7 Å². The van der Waals surface area contributed by atoms with Crippen molar-refractivity contribution in [3.8, 4) is 5.75 Å². The molecule has 0 spiro atoms. The van der Waals surface area contributed by atoms with Crippen LogP contribution in [0.25, 0.3) is 0 Å². The maximum atomic E-state index is 13.9. The molecule has 2 rings (SSSR count). The van der Waals surface area contributed by atoms with Gasteiger partial charge in [-0.1, -0.05) is 30.7 Å². The Hall–Kier alpha value is -1.40.